The predicted octanol–water partition coefficient (Wildman–Crippen LogP) is -0.720. The first-order chi connectivity index (χ1) is 6.07. The van der Waals surface area contributed by atoms with Crippen molar-refractivity contribution >= 4 is 19.6 Å². The van der Waals surface area contributed by atoms with E-state index in [0.717, 1.165) is 0 Å². The van der Waals surface area contributed by atoms with Crippen LogP contribution in [0.3, 0.4) is 0 Å². The lowest BCUT2D eigenvalue weighted by Crippen LogP contribution is -2.35. The third-order valence-electron chi connectivity index (χ3n) is 2.39. The highest BCUT2D eigenvalue weighted by atomic mass is 32.2. The van der Waals surface area contributed by atoms with Crippen molar-refractivity contribution in [2.24, 2.45) is 0 Å². The van der Waals surface area contributed by atoms with Gasteiger partial charge in [-0.2, -0.15) is 0 Å². The monoisotopic (exact) mass is 204 g/mol. The van der Waals surface area contributed by atoms with Gasteiger partial charge >= 0.3 is 0 Å². The second kappa shape index (κ2) is 4.69. The summed E-state index contributed by atoms with van der Waals surface area (Å²) >= 11 is 1.63. The van der Waals surface area contributed by atoms with Gasteiger partial charge in [0.15, 0.2) is 0 Å². The summed E-state index contributed by atoms with van der Waals surface area (Å²) in [6.45, 7) is 2.56. The van der Waals surface area contributed by atoms with Crippen molar-refractivity contribution in [3.8, 4) is 0 Å². The highest BCUT2D eigenvalue weighted by molar-refractivity contribution is 8.01. The Balaban J connectivity index is 2.56. The molecule has 1 aliphatic heterocycles. The van der Waals surface area contributed by atoms with Crippen molar-refractivity contribution in [3.63, 3.8) is 0 Å². The fourth-order valence-electron chi connectivity index (χ4n) is 1.63. The van der Waals surface area contributed by atoms with Crippen molar-refractivity contribution in [1.82, 2.24) is 0 Å². The summed E-state index contributed by atoms with van der Waals surface area (Å²) in [6.07, 6.45) is -1.25. The second-order valence-corrected chi connectivity index (χ2v) is 5.24. The fraction of sp³-hybridized carbons (Fsp3) is 1.00. The number of aliphatic hydroxyl groups excluding tert-OH is 2. The minimum absolute atomic E-state index is 0.0207. The molecule has 3 unspecified atom stereocenters. The van der Waals surface area contributed by atoms with Crippen LogP contribution in [0.15, 0.2) is 0 Å². The number of ether oxygens (including phenoxy) is 1. The van der Waals surface area contributed by atoms with Crippen LogP contribution in [-0.2, 0) is 4.74 Å². The zero-order valence-electron chi connectivity index (χ0n) is 8.30. The maximum atomic E-state index is 9.70. The lowest BCUT2D eigenvalue weighted by molar-refractivity contribution is 0.0157. The smallest absolute Gasteiger partial charge is 0.106 e. The number of aliphatic hydroxyl groups is 2. The molecular weight excluding hydrogens is 187 g/mol. The lowest BCUT2D eigenvalue weighted by atomic mass is 9.83. The molecule has 0 bridgehead atoms. The number of hydrogen-bond donors (Lipinski definition) is 2. The van der Waals surface area contributed by atoms with Crippen molar-refractivity contribution in [2.75, 3.05) is 13.7 Å². The van der Waals surface area contributed by atoms with Crippen molar-refractivity contribution in [2.45, 2.75) is 35.4 Å². The molecule has 0 saturated carbocycles. The van der Waals surface area contributed by atoms with Crippen LogP contribution >= 0.6 is 11.8 Å². The Morgan fingerprint density at radius 2 is 2.08 bits per heavy atom. The molecule has 0 aromatic carbocycles. The minimum Gasteiger partial charge on any atom is -0.389 e. The molecule has 1 heterocycles. The number of rotatable bonds is 3. The van der Waals surface area contributed by atoms with Gasteiger partial charge in [-0.25, -0.2) is 0 Å². The largest absolute Gasteiger partial charge is 0.389 e. The number of methoxy groups -OCH3 is 1. The van der Waals surface area contributed by atoms with E-state index in [1.807, 2.05) is 0 Å². The highest BCUT2D eigenvalue weighted by Gasteiger charge is 2.42. The first-order valence-corrected chi connectivity index (χ1v) is 5.52. The summed E-state index contributed by atoms with van der Waals surface area (Å²) in [5.41, 5.74) is 0. The van der Waals surface area contributed by atoms with E-state index in [-0.39, 0.29) is 10.5 Å². The van der Waals surface area contributed by atoms with Crippen LogP contribution in [0.5, 0.6) is 0 Å². The molecule has 1 fully saturated rings. The topological polar surface area (TPSA) is 49.7 Å². The number of hydrogen-bond acceptors (Lipinski definition) is 4. The average molecular weight is 204 g/mol. The van der Waals surface area contributed by atoms with Crippen LogP contribution in [-0.4, -0.2) is 54.5 Å². The predicted molar refractivity (Wildman–Crippen MR) is 57.0 cm³/mol. The molecular formula is C8H17BO3S. The maximum absolute atomic E-state index is 9.70. The molecule has 1 rings (SSSR count). The molecule has 0 aliphatic carbocycles. The van der Waals surface area contributed by atoms with Gasteiger partial charge in [-0.05, 0) is 0 Å². The van der Waals surface area contributed by atoms with E-state index in [1.54, 1.807) is 18.9 Å². The van der Waals surface area contributed by atoms with Crippen LogP contribution in [0.2, 0.25) is 5.82 Å². The molecule has 0 spiro atoms. The summed E-state index contributed by atoms with van der Waals surface area (Å²) in [6, 6.07) is 0. The molecule has 0 radical (unpaired) electrons. The lowest BCUT2D eigenvalue weighted by Gasteiger charge is -2.18. The molecule has 0 aromatic heterocycles. The van der Waals surface area contributed by atoms with E-state index in [1.165, 1.54) is 0 Å². The number of thioether (sulfide) groups is 1. The molecule has 13 heavy (non-hydrogen) atoms. The average Bonchev–Trinajstić information content (AvgIpc) is 2.33. The van der Waals surface area contributed by atoms with E-state index in [0.29, 0.717) is 12.4 Å². The highest BCUT2D eigenvalue weighted by Crippen LogP contribution is 2.39. The summed E-state index contributed by atoms with van der Waals surface area (Å²) < 4.78 is 4.98. The van der Waals surface area contributed by atoms with E-state index < -0.39 is 12.2 Å². The Morgan fingerprint density at radius 1 is 1.46 bits per heavy atom. The normalized spacial score (nSPS) is 42.2. The SMILES string of the molecule is B[C@H](C)C1SC(COC)[C@@H](O)C1O. The van der Waals surface area contributed by atoms with E-state index in [2.05, 4.69) is 14.8 Å². The van der Waals surface area contributed by atoms with E-state index in [9.17, 15) is 10.2 Å². The van der Waals surface area contributed by atoms with Crippen molar-refractivity contribution in [1.29, 1.82) is 0 Å². The zero-order chi connectivity index (χ0) is 10.0. The summed E-state index contributed by atoms with van der Waals surface area (Å²) in [4.78, 5) is 0. The molecule has 0 aromatic rings. The summed E-state index contributed by atoms with van der Waals surface area (Å²) in [7, 11) is 3.67. The van der Waals surface area contributed by atoms with Crippen LogP contribution < -0.4 is 0 Å². The first-order valence-electron chi connectivity index (χ1n) is 4.58. The maximum Gasteiger partial charge on any atom is 0.106 e. The van der Waals surface area contributed by atoms with Crippen LogP contribution in [0.25, 0.3) is 0 Å². The van der Waals surface area contributed by atoms with Crippen molar-refractivity contribution in [3.05, 3.63) is 0 Å². The third-order valence-corrected chi connectivity index (χ3v) is 4.29. The van der Waals surface area contributed by atoms with Gasteiger partial charge in [-0.1, -0.05) is 12.7 Å². The zero-order valence-corrected chi connectivity index (χ0v) is 9.12. The molecule has 1 aliphatic rings. The third kappa shape index (κ3) is 2.40. The molecule has 0 amide bonds. The molecule has 1 saturated heterocycles. The fourth-order valence-corrected chi connectivity index (χ4v) is 3.21. The van der Waals surface area contributed by atoms with Gasteiger partial charge in [0, 0.05) is 12.4 Å². The molecule has 5 heteroatoms. The quantitative estimate of drug-likeness (QED) is 0.596. The van der Waals surface area contributed by atoms with Gasteiger partial charge in [0.2, 0.25) is 0 Å². The van der Waals surface area contributed by atoms with Crippen molar-refractivity contribution < 1.29 is 14.9 Å². The summed E-state index contributed by atoms with van der Waals surface area (Å²) in [5.74, 6) is 0.386. The Labute approximate surface area is 84.3 Å². The molecule has 3 nitrogen and oxygen atoms in total. The van der Waals surface area contributed by atoms with Gasteiger partial charge in [0.25, 0.3) is 0 Å². The minimum atomic E-state index is -0.641. The van der Waals surface area contributed by atoms with Gasteiger partial charge in [-0.3, -0.25) is 0 Å². The van der Waals surface area contributed by atoms with Gasteiger partial charge in [-0.15, -0.1) is 11.8 Å². The molecule has 5 atom stereocenters. The molecule has 2 N–H and O–H groups in total. The van der Waals surface area contributed by atoms with Gasteiger partial charge in [0.1, 0.15) is 7.85 Å². The van der Waals surface area contributed by atoms with Gasteiger partial charge < -0.3 is 14.9 Å². The standard InChI is InChI=1S/C8H17BO3S/c1-4(9)8-7(11)6(10)5(13-8)3-12-2/h4-8,10-11H,3,9H2,1-2H3/t4-,5?,6-,7?,8?/m1/s1. The van der Waals surface area contributed by atoms with E-state index >= 15 is 0 Å². The van der Waals surface area contributed by atoms with Crippen LogP contribution in [0, 0.1) is 0 Å². The Bertz CT molecular complexity index is 167. The van der Waals surface area contributed by atoms with E-state index in [4.69, 9.17) is 4.74 Å². The molecule has 76 valence electrons. The Morgan fingerprint density at radius 3 is 2.46 bits per heavy atom. The Hall–Kier alpha value is 0.295. The van der Waals surface area contributed by atoms with Crippen LogP contribution in [0.4, 0.5) is 0 Å². The summed E-state index contributed by atoms with van der Waals surface area (Å²) in [5, 5.41) is 19.5. The second-order valence-electron chi connectivity index (χ2n) is 3.82. The van der Waals surface area contributed by atoms with Gasteiger partial charge in [0.05, 0.1) is 24.1 Å². The van der Waals surface area contributed by atoms with Crippen LogP contribution in [0.1, 0.15) is 6.92 Å². The first kappa shape index (κ1) is 11.4. The Kier molecular flexibility index (Phi) is 4.10.